The summed E-state index contributed by atoms with van der Waals surface area (Å²) in [5.41, 5.74) is 8.78. The van der Waals surface area contributed by atoms with Gasteiger partial charge in [-0.25, -0.2) is 4.98 Å². The first kappa shape index (κ1) is 22.8. The number of para-hydroxylation sites is 1. The molecule has 0 aliphatic rings. The largest absolute Gasteiger partial charge is 0.457 e. The van der Waals surface area contributed by atoms with Gasteiger partial charge >= 0.3 is 0 Å². The number of hydrogen-bond donors (Lipinski definition) is 2. The number of hydrogen-bond acceptors (Lipinski definition) is 5. The third kappa shape index (κ3) is 5.07. The fourth-order valence-corrected chi connectivity index (χ4v) is 3.91. The Labute approximate surface area is 207 Å². The Hall–Kier alpha value is -4.98. The van der Waals surface area contributed by atoms with E-state index in [2.05, 4.69) is 10.3 Å². The molecule has 36 heavy (non-hydrogen) atoms. The van der Waals surface area contributed by atoms with E-state index in [0.717, 1.165) is 11.3 Å². The molecule has 3 N–H and O–H groups in total. The van der Waals surface area contributed by atoms with Crippen molar-refractivity contribution in [1.82, 2.24) is 19.9 Å². The number of benzene rings is 3. The second kappa shape index (κ2) is 10.1. The van der Waals surface area contributed by atoms with Crippen molar-refractivity contribution < 1.29 is 14.3 Å². The van der Waals surface area contributed by atoms with Gasteiger partial charge in [0, 0.05) is 17.3 Å². The molecule has 0 atom stereocenters. The highest BCUT2D eigenvalue weighted by Crippen LogP contribution is 2.30. The Bertz CT molecular complexity index is 1530. The van der Waals surface area contributed by atoms with Gasteiger partial charge in [-0.05, 0) is 54.6 Å². The Kier molecular flexibility index (Phi) is 6.40. The number of amides is 2. The molecule has 178 valence electrons. The van der Waals surface area contributed by atoms with Crippen LogP contribution in [0.1, 0.15) is 16.1 Å². The van der Waals surface area contributed by atoms with Crippen LogP contribution in [0.25, 0.3) is 22.4 Å². The lowest BCUT2D eigenvalue weighted by Gasteiger charge is -2.10. The Morgan fingerprint density at radius 1 is 0.889 bits per heavy atom. The molecule has 0 spiro atoms. The van der Waals surface area contributed by atoms with E-state index >= 15 is 0 Å². The van der Waals surface area contributed by atoms with Gasteiger partial charge in [-0.3, -0.25) is 14.6 Å². The summed E-state index contributed by atoms with van der Waals surface area (Å²) >= 11 is 0. The molecule has 8 nitrogen and oxygen atoms in total. The summed E-state index contributed by atoms with van der Waals surface area (Å²) < 4.78 is 7.71. The predicted molar refractivity (Wildman–Crippen MR) is 136 cm³/mol. The lowest BCUT2D eigenvalue weighted by atomic mass is 10.2. The van der Waals surface area contributed by atoms with E-state index in [-0.39, 0.29) is 12.5 Å². The number of nitrogens with two attached hydrogens (primary N) is 1. The maximum atomic E-state index is 12.8. The molecule has 0 saturated heterocycles. The molecule has 8 heteroatoms. The summed E-state index contributed by atoms with van der Waals surface area (Å²) in [4.78, 5) is 33.6. The number of imidazole rings is 1. The molecular formula is C28H23N5O3. The van der Waals surface area contributed by atoms with Gasteiger partial charge in [-0.15, -0.1) is 0 Å². The highest BCUT2D eigenvalue weighted by Gasteiger charge is 2.17. The Morgan fingerprint density at radius 3 is 2.47 bits per heavy atom. The number of ether oxygens (including phenoxy) is 1. The molecule has 0 unspecified atom stereocenters. The summed E-state index contributed by atoms with van der Waals surface area (Å²) in [6.07, 6.45) is 1.68. The van der Waals surface area contributed by atoms with Crippen molar-refractivity contribution in [2.24, 2.45) is 5.73 Å². The van der Waals surface area contributed by atoms with Crippen LogP contribution in [0.5, 0.6) is 11.5 Å². The number of fused-ring (bicyclic) bond motifs is 1. The zero-order valence-electron chi connectivity index (χ0n) is 19.3. The molecule has 0 fully saturated rings. The third-order valence-corrected chi connectivity index (χ3v) is 5.55. The summed E-state index contributed by atoms with van der Waals surface area (Å²) in [5, 5.41) is 2.87. The van der Waals surface area contributed by atoms with E-state index in [1.165, 1.54) is 0 Å². The summed E-state index contributed by atoms with van der Waals surface area (Å²) in [7, 11) is 0. The van der Waals surface area contributed by atoms with Crippen LogP contribution in [0.2, 0.25) is 0 Å². The standard InChI is InChI=1S/C28H23N5O3/c29-26(34)18-33-25-13-12-20(28(35)31-17-21-8-4-5-14-30-21)16-24(25)32-27(33)19-7-6-11-23(15-19)36-22-9-2-1-3-10-22/h1-16H,17-18H2,(H2,29,34)(H,31,35). The van der Waals surface area contributed by atoms with Crippen molar-refractivity contribution in [2.75, 3.05) is 0 Å². The number of aromatic nitrogens is 3. The molecule has 3 aromatic carbocycles. The maximum absolute atomic E-state index is 12.8. The van der Waals surface area contributed by atoms with Crippen LogP contribution >= 0.6 is 0 Å². The average Bonchev–Trinajstić information content (AvgIpc) is 3.25. The van der Waals surface area contributed by atoms with Gasteiger partial charge in [0.2, 0.25) is 5.91 Å². The fourth-order valence-electron chi connectivity index (χ4n) is 3.91. The molecule has 0 bridgehead atoms. The molecule has 2 amide bonds. The first-order valence-corrected chi connectivity index (χ1v) is 11.4. The summed E-state index contributed by atoms with van der Waals surface area (Å²) in [5.74, 6) is 1.15. The molecule has 2 heterocycles. The average molecular weight is 478 g/mol. The summed E-state index contributed by atoms with van der Waals surface area (Å²) in [6.45, 7) is 0.258. The van der Waals surface area contributed by atoms with Crippen LogP contribution in [-0.2, 0) is 17.9 Å². The topological polar surface area (TPSA) is 112 Å². The second-order valence-corrected chi connectivity index (χ2v) is 8.14. The first-order valence-electron chi connectivity index (χ1n) is 11.4. The number of pyridine rings is 1. The third-order valence-electron chi connectivity index (χ3n) is 5.55. The molecule has 0 saturated carbocycles. The number of primary amides is 1. The minimum Gasteiger partial charge on any atom is -0.457 e. The van der Waals surface area contributed by atoms with Gasteiger partial charge in [0.15, 0.2) is 0 Å². The maximum Gasteiger partial charge on any atom is 0.251 e. The molecule has 5 aromatic rings. The Balaban J connectivity index is 1.46. The van der Waals surface area contributed by atoms with Crippen LogP contribution in [0.3, 0.4) is 0 Å². The number of nitrogens with zero attached hydrogens (tertiary/aromatic N) is 3. The SMILES string of the molecule is NC(=O)Cn1c(-c2cccc(Oc3ccccc3)c2)nc2cc(C(=O)NCc3ccccn3)ccc21. The predicted octanol–water partition coefficient (Wildman–Crippen LogP) is 4.31. The van der Waals surface area contributed by atoms with Gasteiger partial charge in [-0.2, -0.15) is 0 Å². The molecule has 0 aliphatic carbocycles. The van der Waals surface area contributed by atoms with Crippen molar-refractivity contribution >= 4 is 22.8 Å². The van der Waals surface area contributed by atoms with Crippen LogP contribution < -0.4 is 15.8 Å². The van der Waals surface area contributed by atoms with Crippen LogP contribution in [0, 0.1) is 0 Å². The quantitative estimate of drug-likeness (QED) is 0.346. The molecule has 0 aliphatic heterocycles. The molecule has 0 radical (unpaired) electrons. The number of rotatable bonds is 8. The van der Waals surface area contributed by atoms with Gasteiger partial charge in [-0.1, -0.05) is 36.4 Å². The number of carbonyl (C=O) groups excluding carboxylic acids is 2. The normalized spacial score (nSPS) is 10.8. The van der Waals surface area contributed by atoms with Crippen molar-refractivity contribution in [1.29, 1.82) is 0 Å². The van der Waals surface area contributed by atoms with E-state index < -0.39 is 5.91 Å². The van der Waals surface area contributed by atoms with E-state index in [1.807, 2.05) is 72.8 Å². The zero-order chi connectivity index (χ0) is 24.9. The first-order chi connectivity index (χ1) is 17.6. The van der Waals surface area contributed by atoms with E-state index in [4.69, 9.17) is 15.5 Å². The lowest BCUT2D eigenvalue weighted by Crippen LogP contribution is -2.23. The minimum absolute atomic E-state index is 0.0547. The highest BCUT2D eigenvalue weighted by atomic mass is 16.5. The monoisotopic (exact) mass is 477 g/mol. The van der Waals surface area contributed by atoms with Gasteiger partial charge in [0.25, 0.3) is 5.91 Å². The second-order valence-electron chi connectivity index (χ2n) is 8.14. The van der Waals surface area contributed by atoms with Gasteiger partial charge < -0.3 is 20.4 Å². The highest BCUT2D eigenvalue weighted by molar-refractivity contribution is 5.98. The van der Waals surface area contributed by atoms with E-state index in [1.54, 1.807) is 29.0 Å². The Morgan fingerprint density at radius 2 is 1.69 bits per heavy atom. The molecular weight excluding hydrogens is 454 g/mol. The number of carbonyl (C=O) groups is 2. The van der Waals surface area contributed by atoms with Crippen molar-refractivity contribution in [3.63, 3.8) is 0 Å². The van der Waals surface area contributed by atoms with Gasteiger partial charge in [0.05, 0.1) is 23.3 Å². The van der Waals surface area contributed by atoms with Crippen LogP contribution in [0.15, 0.2) is 97.2 Å². The minimum atomic E-state index is -0.496. The molecule has 5 rings (SSSR count). The van der Waals surface area contributed by atoms with Crippen molar-refractivity contribution in [3.8, 4) is 22.9 Å². The van der Waals surface area contributed by atoms with E-state index in [9.17, 15) is 9.59 Å². The zero-order valence-corrected chi connectivity index (χ0v) is 19.3. The number of nitrogens with one attached hydrogen (secondary N) is 1. The van der Waals surface area contributed by atoms with Crippen LogP contribution in [-0.4, -0.2) is 26.3 Å². The van der Waals surface area contributed by atoms with Crippen molar-refractivity contribution in [3.05, 3.63) is 108 Å². The van der Waals surface area contributed by atoms with Gasteiger partial charge in [0.1, 0.15) is 23.9 Å². The smallest absolute Gasteiger partial charge is 0.251 e. The summed E-state index contributed by atoms with van der Waals surface area (Å²) in [6, 6.07) is 27.6. The fraction of sp³-hybridized carbons (Fsp3) is 0.0714. The van der Waals surface area contributed by atoms with E-state index in [0.29, 0.717) is 40.5 Å². The van der Waals surface area contributed by atoms with Crippen molar-refractivity contribution in [2.45, 2.75) is 13.1 Å². The lowest BCUT2D eigenvalue weighted by molar-refractivity contribution is -0.118. The van der Waals surface area contributed by atoms with Crippen LogP contribution in [0.4, 0.5) is 0 Å². The molecule has 2 aromatic heterocycles.